The van der Waals surface area contributed by atoms with E-state index >= 15 is 0 Å². The van der Waals surface area contributed by atoms with Crippen LogP contribution in [-0.4, -0.2) is 31.9 Å². The topological polar surface area (TPSA) is 49.4 Å². The van der Waals surface area contributed by atoms with Crippen LogP contribution in [-0.2, 0) is 16.6 Å². The van der Waals surface area contributed by atoms with Gasteiger partial charge in [-0.3, -0.25) is 0 Å². The largest absolute Gasteiger partial charge is 0.310 e. The van der Waals surface area contributed by atoms with E-state index < -0.39 is 10.0 Å². The molecule has 0 aromatic heterocycles. The molecule has 1 saturated heterocycles. The Kier molecular flexibility index (Phi) is 5.66. The van der Waals surface area contributed by atoms with Crippen molar-refractivity contribution in [3.8, 4) is 0 Å². The minimum atomic E-state index is -3.48. The third kappa shape index (κ3) is 4.19. The Hall–Kier alpha value is -0.620. The zero-order valence-corrected chi connectivity index (χ0v) is 14.2. The van der Waals surface area contributed by atoms with Crippen molar-refractivity contribution in [1.82, 2.24) is 9.62 Å². The Labute approximate surface area is 132 Å². The molecule has 1 aliphatic rings. The maximum absolute atomic E-state index is 12.7. The van der Waals surface area contributed by atoms with Gasteiger partial charge in [-0.1, -0.05) is 37.9 Å². The van der Waals surface area contributed by atoms with Crippen molar-refractivity contribution in [1.29, 1.82) is 0 Å². The average molecular weight is 331 g/mol. The first-order valence-electron chi connectivity index (χ1n) is 7.43. The first-order valence-corrected chi connectivity index (χ1v) is 9.25. The van der Waals surface area contributed by atoms with Gasteiger partial charge >= 0.3 is 0 Å². The van der Waals surface area contributed by atoms with Crippen molar-refractivity contribution in [2.24, 2.45) is 0 Å². The SMILES string of the molecule is CC(C)NCc1ccc(Cl)c(S(=O)(=O)N2CCCCC2)c1. The number of piperidine rings is 1. The van der Waals surface area contributed by atoms with Gasteiger partial charge in [0.25, 0.3) is 0 Å². The van der Waals surface area contributed by atoms with Gasteiger partial charge in [-0.25, -0.2) is 8.42 Å². The molecule has 0 aliphatic carbocycles. The Bertz CT molecular complexity index is 581. The van der Waals surface area contributed by atoms with E-state index in [1.165, 1.54) is 0 Å². The predicted molar refractivity (Wildman–Crippen MR) is 86.0 cm³/mol. The van der Waals surface area contributed by atoms with Gasteiger partial charge in [0, 0.05) is 25.7 Å². The number of sulfonamides is 1. The van der Waals surface area contributed by atoms with E-state index in [4.69, 9.17) is 11.6 Å². The molecular formula is C15H23ClN2O2S. The molecule has 118 valence electrons. The number of rotatable bonds is 5. The van der Waals surface area contributed by atoms with Crippen LogP contribution in [0.15, 0.2) is 23.1 Å². The molecule has 1 N–H and O–H groups in total. The van der Waals surface area contributed by atoms with Crippen LogP contribution in [0.1, 0.15) is 38.7 Å². The summed E-state index contributed by atoms with van der Waals surface area (Å²) >= 11 is 6.14. The Morgan fingerprint density at radius 2 is 1.90 bits per heavy atom. The van der Waals surface area contributed by atoms with Gasteiger partial charge in [0.15, 0.2) is 0 Å². The monoisotopic (exact) mass is 330 g/mol. The van der Waals surface area contributed by atoms with Crippen LogP contribution in [0.5, 0.6) is 0 Å². The van der Waals surface area contributed by atoms with E-state index in [0.717, 1.165) is 24.8 Å². The molecule has 0 amide bonds. The Morgan fingerprint density at radius 1 is 1.24 bits per heavy atom. The van der Waals surface area contributed by atoms with Gasteiger partial charge in [-0.2, -0.15) is 4.31 Å². The van der Waals surface area contributed by atoms with Gasteiger partial charge in [0.1, 0.15) is 4.90 Å². The lowest BCUT2D eigenvalue weighted by molar-refractivity contribution is 0.346. The van der Waals surface area contributed by atoms with Crippen molar-refractivity contribution < 1.29 is 8.42 Å². The fraction of sp³-hybridized carbons (Fsp3) is 0.600. The fourth-order valence-electron chi connectivity index (χ4n) is 2.42. The predicted octanol–water partition coefficient (Wildman–Crippen LogP) is 3.01. The quantitative estimate of drug-likeness (QED) is 0.902. The van der Waals surface area contributed by atoms with E-state index in [1.807, 2.05) is 6.07 Å². The first kappa shape index (κ1) is 16.7. The summed E-state index contributed by atoms with van der Waals surface area (Å²) in [7, 11) is -3.48. The van der Waals surface area contributed by atoms with E-state index in [0.29, 0.717) is 30.7 Å². The zero-order valence-electron chi connectivity index (χ0n) is 12.6. The second-order valence-corrected chi connectivity index (χ2v) is 8.08. The molecule has 4 nitrogen and oxygen atoms in total. The number of hydrogen-bond donors (Lipinski definition) is 1. The molecule has 0 unspecified atom stereocenters. The van der Waals surface area contributed by atoms with E-state index in [2.05, 4.69) is 19.2 Å². The third-order valence-corrected chi connectivity index (χ3v) is 6.02. The Morgan fingerprint density at radius 3 is 2.52 bits per heavy atom. The molecule has 1 fully saturated rings. The summed E-state index contributed by atoms with van der Waals surface area (Å²) in [5.41, 5.74) is 0.934. The van der Waals surface area contributed by atoms with Crippen molar-refractivity contribution >= 4 is 21.6 Å². The molecule has 0 saturated carbocycles. The van der Waals surface area contributed by atoms with Crippen LogP contribution in [0, 0.1) is 0 Å². The molecule has 2 rings (SSSR count). The molecule has 1 aromatic rings. The molecule has 0 atom stereocenters. The van der Waals surface area contributed by atoms with Crippen LogP contribution >= 0.6 is 11.6 Å². The highest BCUT2D eigenvalue weighted by Crippen LogP contribution is 2.27. The van der Waals surface area contributed by atoms with Gasteiger partial charge in [-0.05, 0) is 30.5 Å². The molecule has 21 heavy (non-hydrogen) atoms. The van der Waals surface area contributed by atoms with Crippen LogP contribution in [0.2, 0.25) is 5.02 Å². The van der Waals surface area contributed by atoms with Crippen LogP contribution < -0.4 is 5.32 Å². The summed E-state index contributed by atoms with van der Waals surface area (Å²) in [4.78, 5) is 0.231. The van der Waals surface area contributed by atoms with Gasteiger partial charge in [0.2, 0.25) is 10.0 Å². The number of halogens is 1. The maximum atomic E-state index is 12.7. The maximum Gasteiger partial charge on any atom is 0.244 e. The Balaban J connectivity index is 2.26. The molecule has 0 bridgehead atoms. The average Bonchev–Trinajstić information content (AvgIpc) is 2.47. The lowest BCUT2D eigenvalue weighted by Crippen LogP contribution is -2.35. The third-order valence-electron chi connectivity index (χ3n) is 3.64. The molecule has 0 radical (unpaired) electrons. The number of hydrogen-bond acceptors (Lipinski definition) is 3. The van der Waals surface area contributed by atoms with Crippen LogP contribution in [0.4, 0.5) is 0 Å². The van der Waals surface area contributed by atoms with Crippen molar-refractivity contribution in [3.63, 3.8) is 0 Å². The molecule has 0 spiro atoms. The van der Waals surface area contributed by atoms with Crippen molar-refractivity contribution in [2.45, 2.75) is 50.6 Å². The van der Waals surface area contributed by atoms with Crippen molar-refractivity contribution in [2.75, 3.05) is 13.1 Å². The van der Waals surface area contributed by atoms with Gasteiger partial charge < -0.3 is 5.32 Å². The standard InChI is InChI=1S/C15H23ClN2O2S/c1-12(2)17-11-13-6-7-14(16)15(10-13)21(19,20)18-8-4-3-5-9-18/h6-7,10,12,17H,3-5,8-9,11H2,1-2H3. The van der Waals surface area contributed by atoms with E-state index in [1.54, 1.807) is 16.4 Å². The summed E-state index contributed by atoms with van der Waals surface area (Å²) in [6.07, 6.45) is 2.94. The summed E-state index contributed by atoms with van der Waals surface area (Å²) in [6, 6.07) is 5.59. The summed E-state index contributed by atoms with van der Waals surface area (Å²) < 4.78 is 27.0. The molecular weight excluding hydrogens is 308 g/mol. The van der Waals surface area contributed by atoms with Gasteiger partial charge in [0.05, 0.1) is 5.02 Å². The normalized spacial score (nSPS) is 17.3. The minimum Gasteiger partial charge on any atom is -0.310 e. The number of benzene rings is 1. The van der Waals surface area contributed by atoms with Crippen LogP contribution in [0.25, 0.3) is 0 Å². The summed E-state index contributed by atoms with van der Waals surface area (Å²) in [5, 5.41) is 3.59. The smallest absolute Gasteiger partial charge is 0.244 e. The van der Waals surface area contributed by atoms with Crippen molar-refractivity contribution in [3.05, 3.63) is 28.8 Å². The second-order valence-electron chi connectivity index (χ2n) is 5.77. The van der Waals surface area contributed by atoms with E-state index in [9.17, 15) is 8.42 Å². The van der Waals surface area contributed by atoms with Crippen LogP contribution in [0.3, 0.4) is 0 Å². The second kappa shape index (κ2) is 7.09. The number of nitrogens with one attached hydrogen (secondary N) is 1. The fourth-order valence-corrected chi connectivity index (χ4v) is 4.46. The molecule has 1 aromatic carbocycles. The lowest BCUT2D eigenvalue weighted by atomic mass is 10.2. The summed E-state index contributed by atoms with van der Waals surface area (Å²) in [5.74, 6) is 0. The molecule has 6 heteroatoms. The lowest BCUT2D eigenvalue weighted by Gasteiger charge is -2.26. The van der Waals surface area contributed by atoms with Gasteiger partial charge in [-0.15, -0.1) is 0 Å². The zero-order chi connectivity index (χ0) is 15.5. The first-order chi connectivity index (χ1) is 9.91. The minimum absolute atomic E-state index is 0.231. The molecule has 1 aliphatic heterocycles. The summed E-state index contributed by atoms with van der Waals surface area (Å²) in [6.45, 7) is 5.93. The highest BCUT2D eigenvalue weighted by atomic mass is 35.5. The highest BCUT2D eigenvalue weighted by Gasteiger charge is 2.28. The molecule has 1 heterocycles. The highest BCUT2D eigenvalue weighted by molar-refractivity contribution is 7.89. The number of nitrogens with zero attached hydrogens (tertiary/aromatic N) is 1. The van der Waals surface area contributed by atoms with E-state index in [-0.39, 0.29) is 4.90 Å².